The second-order valence-corrected chi connectivity index (χ2v) is 27.4. The number of nitrogens with one attached hydrogen (secondary N) is 3. The molecule has 0 unspecified atom stereocenters. The van der Waals surface area contributed by atoms with Gasteiger partial charge in [-0.1, -0.05) is 0 Å². The molecule has 20 N–H and O–H groups in total. The van der Waals surface area contributed by atoms with Crippen LogP contribution in [0.4, 0.5) is 0 Å². The van der Waals surface area contributed by atoms with Gasteiger partial charge in [-0.15, -0.1) is 0 Å². The molecule has 5 heterocycles. The van der Waals surface area contributed by atoms with Gasteiger partial charge in [-0.05, 0) is 0 Å². The number of ether oxygens (including phenoxy) is 9. The highest BCUT2D eigenvalue weighted by Gasteiger charge is 2.61. The first-order chi connectivity index (χ1) is 40.6. The van der Waals surface area contributed by atoms with Crippen LogP contribution in [0.3, 0.4) is 0 Å². The molecule has 0 aliphatic carbocycles. The van der Waals surface area contributed by atoms with Gasteiger partial charge in [0.25, 0.3) is 0 Å². The van der Waals surface area contributed by atoms with Crippen LogP contribution in [0.1, 0.15) is 0 Å². The molecule has 5 saturated heterocycles. The second-order valence-electron chi connectivity index (χ2n) is 18.5. The zero-order chi connectivity index (χ0) is 68.7. The summed E-state index contributed by atoms with van der Waals surface area (Å²) in [4.78, 5) is 25.7. The van der Waals surface area contributed by atoms with Gasteiger partial charge in [0.15, 0.2) is 49.8 Å². The topological polar surface area (TPSA) is 816 Å². The predicted octanol–water partition coefficient (Wildman–Crippen LogP) is -14.4. The summed E-state index contributed by atoms with van der Waals surface area (Å²) in [6, 6.07) is -8.42. The molecule has 5 aliphatic heterocycles. The SMILES string of the molecule is O=C(O)[C@H]1O[C@@H](O[C@H]2[C@H](OS(=O)(=O)O)[C@@H](NS(=O)(=O)O)[C@@H](O[C@H]3[C@H](O)[C@@H](OS(=O)(=O)O)[C@H](O[C@H]4[C@H](O)[C@@H](NS(=O)(=O)O)[C@@H](O)O[C@@H]4COS(=O)(=O)O)O[C@@H]3C(=O)O)O[C@@H]2COS(=O)(=O)O)[C@H](O)[C@@H](O)[C@@H]1O[C@H]1O[C@H](COS(=O)(=O)O)[C@@H](O)[C@H](O)[C@H]1NS(=O)(=O)O. The van der Waals surface area contributed by atoms with E-state index >= 15 is 0 Å². The van der Waals surface area contributed by atoms with E-state index in [9.17, 15) is 150 Å². The third kappa shape index (κ3) is 22.4. The lowest BCUT2D eigenvalue weighted by atomic mass is 9.94. The maximum atomic E-state index is 12.9. The molecule has 5 rings (SSSR count). The molecule has 5 aliphatic rings. The first-order valence-electron chi connectivity index (χ1n) is 23.2. The van der Waals surface area contributed by atoms with Crippen LogP contribution in [0, 0.1) is 0 Å². The molecule has 25 atom stereocenters. The zero-order valence-corrected chi connectivity index (χ0v) is 49.5. The maximum Gasteiger partial charge on any atom is 0.397 e. The number of rotatable bonds is 29. The fraction of sp³-hybridized carbons (Fsp3) is 0.933. The van der Waals surface area contributed by atoms with Crippen molar-refractivity contribution in [1.82, 2.24) is 14.2 Å². The number of aliphatic hydroxyl groups excluding tert-OH is 7. The van der Waals surface area contributed by atoms with Gasteiger partial charge in [0.05, 0.1) is 19.8 Å². The first kappa shape index (κ1) is 78.0. The average molecular weight is 1490 g/mol. The van der Waals surface area contributed by atoms with E-state index in [0.29, 0.717) is 0 Å². The molecule has 0 amide bonds. The number of carboxylic acids is 2. The van der Waals surface area contributed by atoms with Crippen LogP contribution in [-0.2, 0) is 156 Å². The predicted molar refractivity (Wildman–Crippen MR) is 257 cm³/mol. The number of carboxylic acid groups (broad SMARTS) is 2. The van der Waals surface area contributed by atoms with E-state index in [1.54, 1.807) is 0 Å². The van der Waals surface area contributed by atoms with Crippen LogP contribution in [0.5, 0.6) is 0 Å². The third-order valence-electron chi connectivity index (χ3n) is 12.2. The van der Waals surface area contributed by atoms with E-state index in [1.165, 1.54) is 9.44 Å². The quantitative estimate of drug-likeness (QED) is 0.0309. The molecule has 0 bridgehead atoms. The van der Waals surface area contributed by atoms with Crippen LogP contribution in [0.15, 0.2) is 0 Å². The van der Waals surface area contributed by atoms with E-state index in [1.807, 2.05) is 0 Å². The van der Waals surface area contributed by atoms with Crippen molar-refractivity contribution in [1.29, 1.82) is 0 Å². The van der Waals surface area contributed by atoms with Gasteiger partial charge in [0.2, 0.25) is 0 Å². The van der Waals surface area contributed by atoms with Crippen molar-refractivity contribution in [2.45, 2.75) is 153 Å². The molecule has 0 aromatic rings. The lowest BCUT2D eigenvalue weighted by molar-refractivity contribution is -0.372. The molecule has 5 fully saturated rings. The van der Waals surface area contributed by atoms with E-state index < -0.39 is 268 Å². The van der Waals surface area contributed by atoms with E-state index in [4.69, 9.17) is 51.7 Å². The Hall–Kier alpha value is -2.74. The summed E-state index contributed by atoms with van der Waals surface area (Å²) in [5, 5.41) is 97.8. The lowest BCUT2D eigenvalue weighted by Crippen LogP contribution is -2.71. The van der Waals surface area contributed by atoms with E-state index in [0.717, 1.165) is 4.72 Å². The van der Waals surface area contributed by atoms with Crippen molar-refractivity contribution in [2.75, 3.05) is 19.8 Å². The summed E-state index contributed by atoms with van der Waals surface area (Å²) in [7, 11) is -46.7. The average Bonchev–Trinajstić information content (AvgIpc) is 0.774. The van der Waals surface area contributed by atoms with Gasteiger partial charge < -0.3 is 88.6 Å². The molecule has 0 saturated carbocycles. The summed E-state index contributed by atoms with van der Waals surface area (Å²) in [5.41, 5.74) is 0. The van der Waals surface area contributed by atoms with Crippen LogP contribution in [0.25, 0.3) is 0 Å². The molecular formula is C30H51N3O49S8. The third-order valence-corrected chi connectivity index (χ3v) is 16.2. The van der Waals surface area contributed by atoms with Crippen molar-refractivity contribution in [3.8, 4) is 0 Å². The minimum atomic E-state index is -6.36. The number of aliphatic hydroxyl groups is 7. The number of hydrogen-bond acceptors (Lipinski definition) is 39. The van der Waals surface area contributed by atoms with Crippen molar-refractivity contribution in [3.63, 3.8) is 0 Å². The highest BCUT2D eigenvalue weighted by molar-refractivity contribution is 7.84. The van der Waals surface area contributed by atoms with Crippen LogP contribution in [-0.4, -0.2) is 335 Å². The van der Waals surface area contributed by atoms with Gasteiger partial charge in [-0.25, -0.2) is 30.5 Å². The normalized spacial score (nSPS) is 38.9. The molecule has 52 nitrogen and oxygen atoms in total. The summed E-state index contributed by atoms with van der Waals surface area (Å²) >= 11 is 0. The standard InChI is InChI=1S/C30H51N3O49S8/c34-10-4(1-69-86(54,55)56)73-27(8(11(10)35)32-84(48,49)50)77-19-13(37)14(38)29(79-22(19)24(40)41)76-17-6(3-71-88(60,61)62)74-28(9(33-85(51,52)53)18(17)81-89(63,64)65)78-20-15(39)21(82-90(66,67)68)30(80-23(20)25(42)43)75-16-5(2-70-87(57,58)59)72-26(44)7(12(16)36)31-83(45,46)47/h4-23,26-39,44H,1-3H2,(H,40,41)(H,42,43)(H,45,46,47)(H,48,49,50)(H,51,52,53)(H,54,55,56)(H,57,58,59)(H,60,61,62)(H,63,64,65)(H,66,67,68)/t4-,5-,6-,7-,8-,9-,10-,11-,12-,13-,14-,15+,16-,17-,18-,19+,20+,21-,22+,23+,26+,27-,28-,29-,30-/m1/s1. The minimum Gasteiger partial charge on any atom is -0.479 e. The zero-order valence-electron chi connectivity index (χ0n) is 43.0. The molecule has 60 heteroatoms. The maximum absolute atomic E-state index is 12.9. The lowest BCUT2D eigenvalue weighted by Gasteiger charge is -2.50. The Kier molecular flexibility index (Phi) is 25.4. The van der Waals surface area contributed by atoms with Crippen LogP contribution < -0.4 is 14.2 Å². The number of aliphatic carboxylic acids is 2. The van der Waals surface area contributed by atoms with Crippen LogP contribution >= 0.6 is 0 Å². The fourth-order valence-corrected chi connectivity index (χ4v) is 12.5. The fourth-order valence-electron chi connectivity index (χ4n) is 8.80. The van der Waals surface area contributed by atoms with Crippen molar-refractivity contribution >= 4 is 94.8 Å². The molecule has 90 heavy (non-hydrogen) atoms. The largest absolute Gasteiger partial charge is 0.479 e. The van der Waals surface area contributed by atoms with Gasteiger partial charge in [0, 0.05) is 0 Å². The second kappa shape index (κ2) is 29.3. The molecule has 0 aromatic heterocycles. The Bertz CT molecular complexity index is 3470. The molecule has 528 valence electrons. The summed E-state index contributed by atoms with van der Waals surface area (Å²) in [6.45, 7) is -5.16. The number of hydrogen-bond donors (Lipinski definition) is 20. The summed E-state index contributed by atoms with van der Waals surface area (Å²) in [5.74, 6) is -4.94. The monoisotopic (exact) mass is 1490 g/mol. The summed E-state index contributed by atoms with van der Waals surface area (Å²) < 4.78 is 339. The Labute approximate surface area is 502 Å². The molecule has 0 aromatic carbocycles. The van der Waals surface area contributed by atoms with Crippen molar-refractivity contribution in [2.24, 2.45) is 0 Å². The Balaban J connectivity index is 1.59. The van der Waals surface area contributed by atoms with Crippen molar-refractivity contribution < 1.29 is 223 Å². The van der Waals surface area contributed by atoms with Crippen molar-refractivity contribution in [3.05, 3.63) is 0 Å². The first-order valence-corrected chi connectivity index (χ1v) is 34.3. The Morgan fingerprint density at radius 2 is 0.700 bits per heavy atom. The molecular weight excluding hydrogens is 1440 g/mol. The molecule has 0 spiro atoms. The van der Waals surface area contributed by atoms with Gasteiger partial charge >= 0.3 is 94.8 Å². The van der Waals surface area contributed by atoms with Gasteiger partial charge in [-0.3, -0.25) is 36.4 Å². The van der Waals surface area contributed by atoms with E-state index in [2.05, 4.69) is 20.9 Å². The summed E-state index contributed by atoms with van der Waals surface area (Å²) in [6.07, 6.45) is -64.7. The van der Waals surface area contributed by atoms with Gasteiger partial charge in [0.1, 0.15) is 104 Å². The van der Waals surface area contributed by atoms with E-state index in [-0.39, 0.29) is 0 Å². The Morgan fingerprint density at radius 3 is 1.14 bits per heavy atom. The highest BCUT2D eigenvalue weighted by atomic mass is 32.3. The smallest absolute Gasteiger partial charge is 0.397 e. The minimum absolute atomic E-state index is 1.09. The Morgan fingerprint density at radius 1 is 0.333 bits per heavy atom. The highest BCUT2D eigenvalue weighted by Crippen LogP contribution is 2.38. The number of carbonyl (C=O) groups is 2. The van der Waals surface area contributed by atoms with Gasteiger partial charge in [-0.2, -0.15) is 81.5 Å². The van der Waals surface area contributed by atoms with Crippen LogP contribution in [0.2, 0.25) is 0 Å². The molecule has 0 radical (unpaired) electrons.